The van der Waals surface area contributed by atoms with Crippen molar-refractivity contribution in [3.63, 3.8) is 0 Å². The molecule has 1 unspecified atom stereocenters. The molecule has 1 atom stereocenters. The first-order chi connectivity index (χ1) is 8.94. The van der Waals surface area contributed by atoms with Gasteiger partial charge in [-0.3, -0.25) is 4.90 Å². The lowest BCUT2D eigenvalue weighted by Crippen LogP contribution is -2.52. The second kappa shape index (κ2) is 5.39. The molecule has 1 saturated heterocycles. The zero-order chi connectivity index (χ0) is 14.0. The van der Waals surface area contributed by atoms with E-state index in [9.17, 15) is 5.11 Å². The fourth-order valence-electron chi connectivity index (χ4n) is 2.79. The average Bonchev–Trinajstić information content (AvgIpc) is 2.34. The summed E-state index contributed by atoms with van der Waals surface area (Å²) in [5.41, 5.74) is 7.31. The first-order valence-corrected chi connectivity index (χ1v) is 6.77. The predicted molar refractivity (Wildman–Crippen MR) is 76.3 cm³/mol. The molecule has 4 nitrogen and oxygen atoms in total. The van der Waals surface area contributed by atoms with E-state index in [1.165, 1.54) is 0 Å². The third kappa shape index (κ3) is 3.01. The van der Waals surface area contributed by atoms with Crippen LogP contribution < -0.4 is 10.5 Å². The molecule has 0 spiro atoms. The van der Waals surface area contributed by atoms with Crippen molar-refractivity contribution in [1.82, 2.24) is 4.90 Å². The third-order valence-electron chi connectivity index (χ3n) is 4.07. The van der Waals surface area contributed by atoms with Gasteiger partial charge in [0.15, 0.2) is 11.5 Å². The molecule has 2 rings (SSSR count). The van der Waals surface area contributed by atoms with Crippen molar-refractivity contribution < 1.29 is 9.84 Å². The highest BCUT2D eigenvalue weighted by Crippen LogP contribution is 2.33. The Morgan fingerprint density at radius 2 is 2.21 bits per heavy atom. The monoisotopic (exact) mass is 264 g/mol. The fraction of sp³-hybridized carbons (Fsp3) is 0.600. The number of phenolic OH excluding ortho intramolecular Hbond substituents is 1. The zero-order valence-electron chi connectivity index (χ0n) is 12.0. The lowest BCUT2D eigenvalue weighted by Gasteiger charge is -2.42. The molecule has 0 bridgehead atoms. The van der Waals surface area contributed by atoms with Gasteiger partial charge in [0.25, 0.3) is 0 Å². The summed E-state index contributed by atoms with van der Waals surface area (Å²) in [7, 11) is 1.59. The van der Waals surface area contributed by atoms with Crippen LogP contribution in [0.25, 0.3) is 0 Å². The standard InChI is InChI=1S/C15H24N2O2/c1-15(2)10-17(8-7-13(15)16)9-11-5-4-6-12(18)14(11)19-3/h4-6,13,18H,7-10,16H2,1-3H3. The summed E-state index contributed by atoms with van der Waals surface area (Å²) in [5.74, 6) is 0.781. The van der Waals surface area contributed by atoms with E-state index in [0.29, 0.717) is 5.75 Å². The Labute approximate surface area is 115 Å². The number of hydrogen-bond acceptors (Lipinski definition) is 4. The van der Waals surface area contributed by atoms with Crippen molar-refractivity contribution in [3.8, 4) is 11.5 Å². The molecule has 1 aliphatic heterocycles. The van der Waals surface area contributed by atoms with Crippen LogP contribution in [-0.4, -0.2) is 36.2 Å². The maximum Gasteiger partial charge on any atom is 0.164 e. The van der Waals surface area contributed by atoms with Crippen LogP contribution in [0.5, 0.6) is 11.5 Å². The van der Waals surface area contributed by atoms with Crippen LogP contribution >= 0.6 is 0 Å². The van der Waals surface area contributed by atoms with Gasteiger partial charge in [-0.2, -0.15) is 0 Å². The van der Waals surface area contributed by atoms with E-state index in [-0.39, 0.29) is 17.2 Å². The van der Waals surface area contributed by atoms with Gasteiger partial charge in [-0.1, -0.05) is 26.0 Å². The highest BCUT2D eigenvalue weighted by molar-refractivity contribution is 5.45. The second-order valence-electron chi connectivity index (χ2n) is 6.06. The Bertz CT molecular complexity index is 446. The molecular weight excluding hydrogens is 240 g/mol. The van der Waals surface area contributed by atoms with Crippen LogP contribution in [0, 0.1) is 5.41 Å². The third-order valence-corrected chi connectivity index (χ3v) is 4.07. The molecule has 1 fully saturated rings. The summed E-state index contributed by atoms with van der Waals surface area (Å²) in [4.78, 5) is 2.38. The van der Waals surface area contributed by atoms with Crippen molar-refractivity contribution in [2.24, 2.45) is 11.1 Å². The van der Waals surface area contributed by atoms with Crippen molar-refractivity contribution in [2.75, 3.05) is 20.2 Å². The summed E-state index contributed by atoms with van der Waals surface area (Å²) in [6.07, 6.45) is 1.01. The van der Waals surface area contributed by atoms with Crippen molar-refractivity contribution in [2.45, 2.75) is 32.9 Å². The van der Waals surface area contributed by atoms with Gasteiger partial charge < -0.3 is 15.6 Å². The van der Waals surface area contributed by atoms with Gasteiger partial charge in [-0.15, -0.1) is 0 Å². The van der Waals surface area contributed by atoms with Crippen molar-refractivity contribution >= 4 is 0 Å². The highest BCUT2D eigenvalue weighted by atomic mass is 16.5. The maximum absolute atomic E-state index is 9.80. The number of phenols is 1. The lowest BCUT2D eigenvalue weighted by atomic mass is 9.79. The van der Waals surface area contributed by atoms with E-state index in [0.717, 1.165) is 31.6 Å². The number of benzene rings is 1. The van der Waals surface area contributed by atoms with Gasteiger partial charge in [0.05, 0.1) is 7.11 Å². The van der Waals surface area contributed by atoms with E-state index in [2.05, 4.69) is 18.7 Å². The number of likely N-dealkylation sites (tertiary alicyclic amines) is 1. The first kappa shape index (κ1) is 14.2. The lowest BCUT2D eigenvalue weighted by molar-refractivity contribution is 0.0891. The predicted octanol–water partition coefficient (Wildman–Crippen LogP) is 1.96. The van der Waals surface area contributed by atoms with Crippen LogP contribution in [0.3, 0.4) is 0 Å². The zero-order valence-corrected chi connectivity index (χ0v) is 12.0. The number of nitrogens with two attached hydrogens (primary N) is 1. The molecular formula is C15H24N2O2. The van der Waals surface area contributed by atoms with E-state index < -0.39 is 0 Å². The fourth-order valence-corrected chi connectivity index (χ4v) is 2.79. The highest BCUT2D eigenvalue weighted by Gasteiger charge is 2.33. The molecule has 106 valence electrons. The van der Waals surface area contributed by atoms with E-state index in [1.807, 2.05) is 12.1 Å². The minimum absolute atomic E-state index is 0.127. The number of piperidine rings is 1. The van der Waals surface area contributed by atoms with Crippen LogP contribution in [0.4, 0.5) is 0 Å². The maximum atomic E-state index is 9.80. The summed E-state index contributed by atoms with van der Waals surface area (Å²) in [6.45, 7) is 7.16. The molecule has 4 heteroatoms. The Morgan fingerprint density at radius 3 is 2.84 bits per heavy atom. The van der Waals surface area contributed by atoms with Crippen LogP contribution in [0.1, 0.15) is 25.8 Å². The Hall–Kier alpha value is -1.26. The summed E-state index contributed by atoms with van der Waals surface area (Å²) >= 11 is 0. The molecule has 0 amide bonds. The van der Waals surface area contributed by atoms with Crippen molar-refractivity contribution in [1.29, 1.82) is 0 Å². The Balaban J connectivity index is 2.12. The second-order valence-corrected chi connectivity index (χ2v) is 6.06. The Morgan fingerprint density at radius 1 is 1.47 bits per heavy atom. The smallest absolute Gasteiger partial charge is 0.164 e. The van der Waals surface area contributed by atoms with Crippen LogP contribution in [0.15, 0.2) is 18.2 Å². The summed E-state index contributed by atoms with van der Waals surface area (Å²) in [6, 6.07) is 5.77. The van der Waals surface area contributed by atoms with Gasteiger partial charge in [0.1, 0.15) is 0 Å². The number of rotatable bonds is 3. The molecule has 0 aromatic heterocycles. The number of nitrogens with zero attached hydrogens (tertiary/aromatic N) is 1. The molecule has 1 aromatic rings. The summed E-state index contributed by atoms with van der Waals surface area (Å²) < 4.78 is 5.29. The van der Waals surface area contributed by atoms with E-state index in [4.69, 9.17) is 10.5 Å². The van der Waals surface area contributed by atoms with Gasteiger partial charge >= 0.3 is 0 Å². The SMILES string of the molecule is COc1c(O)cccc1CN1CCC(N)C(C)(C)C1. The average molecular weight is 264 g/mol. The molecule has 1 aliphatic rings. The van der Waals surface area contributed by atoms with Gasteiger partial charge in [0.2, 0.25) is 0 Å². The molecule has 0 saturated carbocycles. The topological polar surface area (TPSA) is 58.7 Å². The number of ether oxygens (including phenoxy) is 1. The largest absolute Gasteiger partial charge is 0.504 e. The van der Waals surface area contributed by atoms with Gasteiger partial charge in [-0.25, -0.2) is 0 Å². The number of methoxy groups -OCH3 is 1. The molecule has 0 aliphatic carbocycles. The van der Waals surface area contributed by atoms with Gasteiger partial charge in [0, 0.05) is 31.2 Å². The van der Waals surface area contributed by atoms with Crippen LogP contribution in [-0.2, 0) is 6.54 Å². The molecule has 0 radical (unpaired) electrons. The first-order valence-electron chi connectivity index (χ1n) is 6.77. The minimum Gasteiger partial charge on any atom is -0.504 e. The quantitative estimate of drug-likeness (QED) is 0.876. The molecule has 1 heterocycles. The molecule has 3 N–H and O–H groups in total. The number of hydrogen-bond donors (Lipinski definition) is 2. The van der Waals surface area contributed by atoms with Crippen molar-refractivity contribution in [3.05, 3.63) is 23.8 Å². The number of aromatic hydroxyl groups is 1. The van der Waals surface area contributed by atoms with Crippen LogP contribution in [0.2, 0.25) is 0 Å². The summed E-state index contributed by atoms with van der Waals surface area (Å²) in [5, 5.41) is 9.80. The minimum atomic E-state index is 0.127. The van der Waals surface area contributed by atoms with Gasteiger partial charge in [-0.05, 0) is 17.9 Å². The Kier molecular flexibility index (Phi) is 4.02. The molecule has 19 heavy (non-hydrogen) atoms. The molecule has 1 aromatic carbocycles. The van der Waals surface area contributed by atoms with E-state index >= 15 is 0 Å². The normalized spacial score (nSPS) is 23.3. The van der Waals surface area contributed by atoms with E-state index in [1.54, 1.807) is 13.2 Å². The number of para-hydroxylation sites is 1.